The van der Waals surface area contributed by atoms with Crippen molar-refractivity contribution in [2.24, 2.45) is 0 Å². The molecule has 0 aromatic carbocycles. The van der Waals surface area contributed by atoms with Gasteiger partial charge in [0.25, 0.3) is 5.91 Å². The molecule has 0 saturated carbocycles. The van der Waals surface area contributed by atoms with Gasteiger partial charge in [-0.3, -0.25) is 10.2 Å². The Bertz CT molecular complexity index is 285. The molecule has 0 atom stereocenters. The maximum Gasteiger partial charge on any atom is 0.275 e. The van der Waals surface area contributed by atoms with Gasteiger partial charge in [0.2, 0.25) is 0 Å². The summed E-state index contributed by atoms with van der Waals surface area (Å²) >= 11 is 4.71. The molecule has 0 aliphatic heterocycles. The summed E-state index contributed by atoms with van der Waals surface area (Å²) in [6.07, 6.45) is 0. The summed E-state index contributed by atoms with van der Waals surface area (Å²) in [4.78, 5) is 12.0. The van der Waals surface area contributed by atoms with Gasteiger partial charge in [-0.1, -0.05) is 0 Å². The minimum absolute atomic E-state index is 0.0734. The van der Waals surface area contributed by atoms with E-state index in [0.717, 1.165) is 3.79 Å². The van der Waals surface area contributed by atoms with Crippen LogP contribution in [0.25, 0.3) is 0 Å². The van der Waals surface area contributed by atoms with Crippen LogP contribution >= 0.6 is 27.3 Å². The van der Waals surface area contributed by atoms with Crippen LogP contribution in [0.3, 0.4) is 0 Å². The summed E-state index contributed by atoms with van der Waals surface area (Å²) in [5.41, 5.74) is 2.66. The van der Waals surface area contributed by atoms with Gasteiger partial charge in [-0.25, -0.2) is 5.01 Å². The summed E-state index contributed by atoms with van der Waals surface area (Å²) in [5, 5.41) is 1.62. The first kappa shape index (κ1) is 9.70. The van der Waals surface area contributed by atoms with Gasteiger partial charge < -0.3 is 0 Å². The second-order valence-corrected chi connectivity index (χ2v) is 4.90. The molecule has 1 amide bonds. The Morgan fingerprint density at radius 2 is 2.25 bits per heavy atom. The molecule has 3 nitrogen and oxygen atoms in total. The molecule has 0 saturated heterocycles. The first-order chi connectivity index (χ1) is 5.59. The van der Waals surface area contributed by atoms with Crippen LogP contribution < -0.4 is 5.43 Å². The molecule has 1 N–H and O–H groups in total. The maximum atomic E-state index is 11.3. The van der Waals surface area contributed by atoms with Crippen LogP contribution in [0, 0.1) is 0 Å². The van der Waals surface area contributed by atoms with E-state index >= 15 is 0 Å². The lowest BCUT2D eigenvalue weighted by Gasteiger charge is -2.09. The molecule has 0 aliphatic carbocycles. The van der Waals surface area contributed by atoms with Crippen LogP contribution in [-0.4, -0.2) is 25.0 Å². The van der Waals surface area contributed by atoms with Crippen LogP contribution in [0.4, 0.5) is 0 Å². The number of hydrogen-bond donors (Lipinski definition) is 1. The molecule has 1 aromatic heterocycles. The Morgan fingerprint density at radius 3 is 2.67 bits per heavy atom. The average Bonchev–Trinajstić information content (AvgIpc) is 2.34. The lowest BCUT2D eigenvalue weighted by molar-refractivity contribution is 0.0861. The summed E-state index contributed by atoms with van der Waals surface area (Å²) < 4.78 is 0.964. The quantitative estimate of drug-likeness (QED) is 0.809. The van der Waals surface area contributed by atoms with Crippen molar-refractivity contribution in [3.8, 4) is 0 Å². The third kappa shape index (κ3) is 2.58. The van der Waals surface area contributed by atoms with Gasteiger partial charge in [0.15, 0.2) is 0 Å². The van der Waals surface area contributed by atoms with Crippen LogP contribution in [-0.2, 0) is 0 Å². The number of hydrazine groups is 1. The van der Waals surface area contributed by atoms with E-state index in [1.54, 1.807) is 25.2 Å². The molecule has 0 unspecified atom stereocenters. The lowest BCUT2D eigenvalue weighted by atomic mass is 10.4. The number of halogens is 1. The Balaban J connectivity index is 2.65. The highest BCUT2D eigenvalue weighted by Gasteiger charge is 2.07. The zero-order valence-electron chi connectivity index (χ0n) is 6.80. The fraction of sp³-hybridized carbons (Fsp3) is 0.286. The van der Waals surface area contributed by atoms with Crippen molar-refractivity contribution in [3.05, 3.63) is 20.8 Å². The predicted molar refractivity (Wildman–Crippen MR) is 53.2 cm³/mol. The molecular weight excluding hydrogens is 240 g/mol. The molecule has 66 valence electrons. The van der Waals surface area contributed by atoms with E-state index in [2.05, 4.69) is 21.4 Å². The maximum absolute atomic E-state index is 11.3. The third-order valence-corrected chi connectivity index (χ3v) is 2.74. The second-order valence-electron chi connectivity index (χ2n) is 2.44. The van der Waals surface area contributed by atoms with Gasteiger partial charge in [0.05, 0.1) is 8.66 Å². The number of carbonyl (C=O) groups excluding carboxylic acids is 1. The van der Waals surface area contributed by atoms with E-state index in [0.29, 0.717) is 4.88 Å². The van der Waals surface area contributed by atoms with Crippen LogP contribution in [0.1, 0.15) is 9.67 Å². The smallest absolute Gasteiger partial charge is 0.275 e. The molecule has 0 spiro atoms. The number of thiophene rings is 1. The van der Waals surface area contributed by atoms with Crippen molar-refractivity contribution in [1.29, 1.82) is 0 Å². The fourth-order valence-corrected chi connectivity index (χ4v) is 1.97. The van der Waals surface area contributed by atoms with Gasteiger partial charge in [-0.15, -0.1) is 11.3 Å². The average molecular weight is 249 g/mol. The third-order valence-electron chi connectivity index (χ3n) is 1.12. The van der Waals surface area contributed by atoms with Crippen molar-refractivity contribution in [2.45, 2.75) is 0 Å². The molecule has 0 aliphatic rings. The van der Waals surface area contributed by atoms with Gasteiger partial charge in [-0.2, -0.15) is 0 Å². The Hall–Kier alpha value is -0.390. The number of carbonyl (C=O) groups is 1. The highest BCUT2D eigenvalue weighted by molar-refractivity contribution is 9.11. The van der Waals surface area contributed by atoms with Crippen molar-refractivity contribution in [1.82, 2.24) is 10.4 Å². The molecule has 12 heavy (non-hydrogen) atoms. The predicted octanol–water partition coefficient (Wildman–Crippen LogP) is 1.72. The van der Waals surface area contributed by atoms with Crippen LogP contribution in [0.2, 0.25) is 0 Å². The lowest BCUT2D eigenvalue weighted by Crippen LogP contribution is -2.35. The standard InChI is InChI=1S/C7H9BrN2OS/c1-10(2)9-7(11)5-3-4-6(8)12-5/h3-4H,1-2H3,(H,9,11). The SMILES string of the molecule is CN(C)NC(=O)c1ccc(Br)s1. The summed E-state index contributed by atoms with van der Waals surface area (Å²) in [7, 11) is 3.56. The molecule has 1 rings (SSSR count). The highest BCUT2D eigenvalue weighted by Crippen LogP contribution is 2.21. The van der Waals surface area contributed by atoms with Gasteiger partial charge in [-0.05, 0) is 28.1 Å². The summed E-state index contributed by atoms with van der Waals surface area (Å²) in [6, 6.07) is 3.64. The van der Waals surface area contributed by atoms with E-state index in [-0.39, 0.29) is 5.91 Å². The number of nitrogens with one attached hydrogen (secondary N) is 1. The molecule has 0 radical (unpaired) electrons. The number of hydrogen-bond acceptors (Lipinski definition) is 3. The highest BCUT2D eigenvalue weighted by atomic mass is 79.9. The Morgan fingerprint density at radius 1 is 1.58 bits per heavy atom. The van der Waals surface area contributed by atoms with Gasteiger partial charge >= 0.3 is 0 Å². The van der Waals surface area contributed by atoms with Crippen molar-refractivity contribution in [2.75, 3.05) is 14.1 Å². The largest absolute Gasteiger partial charge is 0.285 e. The molecule has 1 heterocycles. The minimum Gasteiger partial charge on any atom is -0.285 e. The molecule has 0 fully saturated rings. The van der Waals surface area contributed by atoms with E-state index < -0.39 is 0 Å². The van der Waals surface area contributed by atoms with Crippen molar-refractivity contribution < 1.29 is 4.79 Å². The van der Waals surface area contributed by atoms with Crippen molar-refractivity contribution >= 4 is 33.2 Å². The second kappa shape index (κ2) is 4.02. The van der Waals surface area contributed by atoms with Gasteiger partial charge in [0.1, 0.15) is 0 Å². The van der Waals surface area contributed by atoms with Crippen LogP contribution in [0.15, 0.2) is 15.9 Å². The summed E-state index contributed by atoms with van der Waals surface area (Å²) in [5.74, 6) is -0.0734. The van der Waals surface area contributed by atoms with Crippen molar-refractivity contribution in [3.63, 3.8) is 0 Å². The number of nitrogens with zero attached hydrogens (tertiary/aromatic N) is 1. The van der Waals surface area contributed by atoms with Crippen LogP contribution in [0.5, 0.6) is 0 Å². The zero-order valence-corrected chi connectivity index (χ0v) is 9.20. The fourth-order valence-electron chi connectivity index (χ4n) is 0.695. The molecule has 0 bridgehead atoms. The Kier molecular flexibility index (Phi) is 3.25. The van der Waals surface area contributed by atoms with E-state index in [1.165, 1.54) is 11.3 Å². The molecule has 5 heteroatoms. The normalized spacial score (nSPS) is 10.3. The van der Waals surface area contributed by atoms with E-state index in [9.17, 15) is 4.79 Å². The monoisotopic (exact) mass is 248 g/mol. The van der Waals surface area contributed by atoms with Gasteiger partial charge in [0, 0.05) is 14.1 Å². The number of amides is 1. The summed E-state index contributed by atoms with van der Waals surface area (Å²) in [6.45, 7) is 0. The topological polar surface area (TPSA) is 32.3 Å². The van der Waals surface area contributed by atoms with E-state index in [1.807, 2.05) is 6.07 Å². The Labute approximate surface area is 83.5 Å². The molecular formula is C7H9BrN2OS. The number of rotatable bonds is 2. The van der Waals surface area contributed by atoms with E-state index in [4.69, 9.17) is 0 Å². The first-order valence-electron chi connectivity index (χ1n) is 3.33. The molecule has 1 aromatic rings. The first-order valence-corrected chi connectivity index (χ1v) is 4.94. The zero-order chi connectivity index (χ0) is 9.14. The minimum atomic E-state index is -0.0734.